The molecular formula is C18H16ClF2NO2S2. The molecule has 3 nitrogen and oxygen atoms in total. The van der Waals surface area contributed by atoms with Gasteiger partial charge in [-0.2, -0.15) is 0 Å². The predicted octanol–water partition coefficient (Wildman–Crippen LogP) is 5.73. The van der Waals surface area contributed by atoms with Gasteiger partial charge in [-0.15, -0.1) is 11.3 Å². The van der Waals surface area contributed by atoms with Crippen LogP contribution < -0.4 is 10.1 Å². The number of halogens is 3. The molecule has 2 aromatic rings. The quantitative estimate of drug-likeness (QED) is 0.627. The minimum absolute atomic E-state index is 0.00931. The second-order valence-corrected chi connectivity index (χ2v) is 7.93. The number of thioether (sulfide) groups is 1. The van der Waals surface area contributed by atoms with Crippen LogP contribution in [-0.2, 0) is 0 Å². The molecule has 26 heavy (non-hydrogen) atoms. The molecule has 0 unspecified atom stereocenters. The number of thiophene rings is 1. The van der Waals surface area contributed by atoms with Gasteiger partial charge in [0.15, 0.2) is 11.6 Å². The Morgan fingerprint density at radius 1 is 1.38 bits per heavy atom. The summed E-state index contributed by atoms with van der Waals surface area (Å²) in [5, 5.41) is 4.09. The van der Waals surface area contributed by atoms with E-state index in [1.807, 2.05) is 24.5 Å². The van der Waals surface area contributed by atoms with Crippen molar-refractivity contribution in [2.24, 2.45) is 0 Å². The van der Waals surface area contributed by atoms with E-state index in [1.165, 1.54) is 30.1 Å². The highest BCUT2D eigenvalue weighted by Crippen LogP contribution is 2.30. The van der Waals surface area contributed by atoms with Crippen molar-refractivity contribution in [3.8, 4) is 5.75 Å². The maximum atomic E-state index is 14.3. The molecule has 0 atom stereocenters. The van der Waals surface area contributed by atoms with E-state index in [-0.39, 0.29) is 12.4 Å². The van der Waals surface area contributed by atoms with Gasteiger partial charge in [-0.1, -0.05) is 29.9 Å². The van der Waals surface area contributed by atoms with Crippen LogP contribution in [0.1, 0.15) is 22.2 Å². The number of hydrogen-bond donors (Lipinski definition) is 1. The first-order valence-corrected chi connectivity index (χ1v) is 9.50. The Morgan fingerprint density at radius 2 is 2.12 bits per heavy atom. The molecule has 138 valence electrons. The van der Waals surface area contributed by atoms with E-state index < -0.39 is 23.1 Å². The Labute approximate surface area is 163 Å². The molecule has 2 rings (SSSR count). The van der Waals surface area contributed by atoms with Gasteiger partial charge in [0.05, 0.1) is 4.34 Å². The largest absolute Gasteiger partial charge is 0.485 e. The molecule has 0 saturated carbocycles. The van der Waals surface area contributed by atoms with Gasteiger partial charge in [-0.25, -0.2) is 8.78 Å². The predicted molar refractivity (Wildman–Crippen MR) is 105 cm³/mol. The number of nitrogens with one attached hydrogen (secondary N) is 1. The number of amides is 1. The Balaban J connectivity index is 2.00. The van der Waals surface area contributed by atoms with Crippen molar-refractivity contribution in [1.29, 1.82) is 0 Å². The average molecular weight is 416 g/mol. The number of carbonyl (C=O) groups excluding carboxylic acids is 1. The minimum atomic E-state index is -1.04. The Hall–Kier alpha value is -1.83. The normalized spacial score (nSPS) is 11.3. The first-order chi connectivity index (χ1) is 12.3. The highest BCUT2D eigenvalue weighted by atomic mass is 35.5. The zero-order valence-electron chi connectivity index (χ0n) is 14.1. The highest BCUT2D eigenvalue weighted by molar-refractivity contribution is 8.06. The Bertz CT molecular complexity index is 865. The smallest absolute Gasteiger partial charge is 0.257 e. The lowest BCUT2D eigenvalue weighted by molar-refractivity contribution is 0.0953. The van der Waals surface area contributed by atoms with Crippen LogP contribution in [0.4, 0.5) is 8.78 Å². The molecule has 1 amide bonds. The number of ether oxygens (including phenoxy) is 1. The molecule has 1 aromatic carbocycles. The lowest BCUT2D eigenvalue weighted by Gasteiger charge is -2.11. The minimum Gasteiger partial charge on any atom is -0.485 e. The Kier molecular flexibility index (Phi) is 7.25. The number of rotatable bonds is 7. The first-order valence-electron chi connectivity index (χ1n) is 7.43. The van der Waals surface area contributed by atoms with Gasteiger partial charge >= 0.3 is 0 Å². The van der Waals surface area contributed by atoms with E-state index in [1.54, 1.807) is 0 Å². The molecule has 0 radical (unpaired) electrons. The van der Waals surface area contributed by atoms with E-state index in [2.05, 4.69) is 11.9 Å². The van der Waals surface area contributed by atoms with Crippen LogP contribution in [0.25, 0.3) is 5.57 Å². The summed E-state index contributed by atoms with van der Waals surface area (Å²) in [6.07, 6.45) is 0. The molecule has 1 heterocycles. The molecule has 8 heteroatoms. The molecule has 0 saturated heterocycles. The van der Waals surface area contributed by atoms with Crippen molar-refractivity contribution in [3.05, 3.63) is 67.6 Å². The summed E-state index contributed by atoms with van der Waals surface area (Å²) in [6, 6.07) is 5.88. The van der Waals surface area contributed by atoms with Crippen LogP contribution in [0.3, 0.4) is 0 Å². The summed E-state index contributed by atoms with van der Waals surface area (Å²) in [5.41, 5.74) is 0.344. The molecular weight excluding hydrogens is 400 g/mol. The number of hydrogen-bond acceptors (Lipinski definition) is 4. The van der Waals surface area contributed by atoms with Crippen molar-refractivity contribution in [2.75, 3.05) is 13.7 Å². The fourth-order valence-electron chi connectivity index (χ4n) is 1.93. The lowest BCUT2D eigenvalue weighted by Crippen LogP contribution is -2.21. The van der Waals surface area contributed by atoms with Crippen molar-refractivity contribution in [1.82, 2.24) is 5.32 Å². The molecule has 0 fully saturated rings. The maximum Gasteiger partial charge on any atom is 0.257 e. The van der Waals surface area contributed by atoms with Crippen LogP contribution >= 0.6 is 34.7 Å². The van der Waals surface area contributed by atoms with E-state index >= 15 is 0 Å². The van der Waals surface area contributed by atoms with Crippen LogP contribution in [0, 0.1) is 11.6 Å². The summed E-state index contributed by atoms with van der Waals surface area (Å²) >= 11 is 8.72. The molecule has 1 aromatic heterocycles. The van der Waals surface area contributed by atoms with Gasteiger partial charge in [-0.3, -0.25) is 4.79 Å². The molecule has 0 spiro atoms. The number of carbonyl (C=O) groups is 1. The molecule has 0 aliphatic heterocycles. The van der Waals surface area contributed by atoms with Gasteiger partial charge in [-0.05, 0) is 42.2 Å². The zero-order valence-corrected chi connectivity index (χ0v) is 16.5. The fraction of sp³-hybridized carbons (Fsp3) is 0.167. The fourth-order valence-corrected chi connectivity index (χ4v) is 3.61. The monoisotopic (exact) mass is 415 g/mol. The van der Waals surface area contributed by atoms with Crippen LogP contribution in [0.2, 0.25) is 4.34 Å². The third kappa shape index (κ3) is 5.09. The van der Waals surface area contributed by atoms with Crippen molar-refractivity contribution in [3.63, 3.8) is 0 Å². The molecule has 0 aliphatic carbocycles. The van der Waals surface area contributed by atoms with Crippen LogP contribution in [0.15, 0.2) is 41.2 Å². The third-order valence-corrected chi connectivity index (χ3v) is 5.55. The SMILES string of the molecule is C=C(COc1ccc(F)c(C(=O)NC)c1F)S/C=C(\C)c1ccc(Cl)s1. The van der Waals surface area contributed by atoms with Gasteiger partial charge < -0.3 is 10.1 Å². The van der Waals surface area contributed by atoms with Gasteiger partial charge in [0, 0.05) is 16.8 Å². The summed E-state index contributed by atoms with van der Waals surface area (Å²) in [7, 11) is 1.29. The second kappa shape index (κ2) is 9.21. The molecule has 0 aliphatic rings. The number of benzene rings is 1. The van der Waals surface area contributed by atoms with Crippen molar-refractivity contribution in [2.45, 2.75) is 6.92 Å². The van der Waals surface area contributed by atoms with Crippen molar-refractivity contribution < 1.29 is 18.3 Å². The summed E-state index contributed by atoms with van der Waals surface area (Å²) < 4.78 is 34.0. The second-order valence-electron chi connectivity index (χ2n) is 5.16. The summed E-state index contributed by atoms with van der Waals surface area (Å²) in [6.45, 7) is 5.81. The standard InChI is InChI=1S/C18H16ClF2NO2S2/c1-10(14-6-7-15(19)26-14)9-25-11(2)8-24-13-5-4-12(20)16(17(13)21)18(23)22-3/h4-7,9H,2,8H2,1,3H3,(H,22,23)/b10-9+. The van der Waals surface area contributed by atoms with E-state index in [4.69, 9.17) is 16.3 Å². The molecule has 0 bridgehead atoms. The van der Waals surface area contributed by atoms with Crippen LogP contribution in [0.5, 0.6) is 5.75 Å². The zero-order chi connectivity index (χ0) is 19.3. The third-order valence-electron chi connectivity index (χ3n) is 3.26. The highest BCUT2D eigenvalue weighted by Gasteiger charge is 2.20. The van der Waals surface area contributed by atoms with Gasteiger partial charge in [0.1, 0.15) is 18.0 Å². The molecule has 1 N–H and O–H groups in total. The van der Waals surface area contributed by atoms with Gasteiger partial charge in [0.25, 0.3) is 5.91 Å². The average Bonchev–Trinajstić information content (AvgIpc) is 3.05. The summed E-state index contributed by atoms with van der Waals surface area (Å²) in [4.78, 5) is 13.2. The van der Waals surface area contributed by atoms with E-state index in [0.717, 1.165) is 22.6 Å². The van der Waals surface area contributed by atoms with E-state index in [0.29, 0.717) is 9.24 Å². The number of allylic oxidation sites excluding steroid dienone is 1. The summed E-state index contributed by atoms with van der Waals surface area (Å²) in [5.74, 6) is -3.05. The van der Waals surface area contributed by atoms with Crippen molar-refractivity contribution >= 4 is 46.2 Å². The topological polar surface area (TPSA) is 38.3 Å². The Morgan fingerprint density at radius 3 is 2.73 bits per heavy atom. The van der Waals surface area contributed by atoms with Crippen LogP contribution in [-0.4, -0.2) is 19.6 Å². The van der Waals surface area contributed by atoms with Gasteiger partial charge in [0.2, 0.25) is 0 Å². The maximum absolute atomic E-state index is 14.3. The first kappa shape index (κ1) is 20.5. The lowest BCUT2D eigenvalue weighted by atomic mass is 10.1. The van der Waals surface area contributed by atoms with E-state index in [9.17, 15) is 13.6 Å².